The number of hydrogen-bond donors (Lipinski definition) is 1. The molecule has 1 unspecified atom stereocenters. The van der Waals surface area contributed by atoms with E-state index < -0.39 is 23.7 Å². The Hall–Kier alpha value is -3.41. The average molecular weight is 351 g/mol. The van der Waals surface area contributed by atoms with Gasteiger partial charge in [-0.2, -0.15) is 0 Å². The Morgan fingerprint density at radius 2 is 1.62 bits per heavy atom. The zero-order valence-corrected chi connectivity index (χ0v) is 14.1. The summed E-state index contributed by atoms with van der Waals surface area (Å²) in [4.78, 5) is 38.0. The number of rotatable bonds is 4. The molecule has 0 radical (unpaired) electrons. The van der Waals surface area contributed by atoms with E-state index in [-0.39, 0.29) is 17.9 Å². The van der Waals surface area contributed by atoms with Gasteiger partial charge in [-0.25, -0.2) is 0 Å². The molecule has 132 valence electrons. The van der Waals surface area contributed by atoms with Crippen LogP contribution in [-0.4, -0.2) is 41.3 Å². The second-order valence-corrected chi connectivity index (χ2v) is 5.78. The van der Waals surface area contributed by atoms with Crippen molar-refractivity contribution in [3.05, 3.63) is 77.4 Å². The van der Waals surface area contributed by atoms with Crippen molar-refractivity contribution in [3.8, 4) is 0 Å². The monoisotopic (exact) mass is 351 g/mol. The number of carbonyl (C=O) groups excluding carboxylic acids is 3. The Balaban J connectivity index is 2.16. The number of esters is 1. The number of ether oxygens (including phenoxy) is 1. The van der Waals surface area contributed by atoms with E-state index in [9.17, 15) is 19.5 Å². The predicted molar refractivity (Wildman–Crippen MR) is 93.9 cm³/mol. The van der Waals surface area contributed by atoms with E-state index in [2.05, 4.69) is 4.74 Å². The Morgan fingerprint density at radius 1 is 1.04 bits per heavy atom. The van der Waals surface area contributed by atoms with Gasteiger partial charge in [-0.1, -0.05) is 60.7 Å². The predicted octanol–water partition coefficient (Wildman–Crippen LogP) is 2.28. The summed E-state index contributed by atoms with van der Waals surface area (Å²) in [7, 11) is 1.21. The zero-order chi connectivity index (χ0) is 18.7. The normalized spacial score (nSPS) is 18.8. The molecule has 0 bridgehead atoms. The molecule has 3 rings (SSSR count). The molecule has 1 N–H and O–H groups in total. The minimum absolute atomic E-state index is 0.0451. The van der Waals surface area contributed by atoms with Crippen molar-refractivity contribution in [1.82, 2.24) is 4.90 Å². The number of hydrogen-bond acceptors (Lipinski definition) is 5. The van der Waals surface area contributed by atoms with Crippen LogP contribution in [0.25, 0.3) is 5.76 Å². The standard InChI is InChI=1S/C20H17NO5/c1-26-15(22)12-21-17(13-8-4-2-5-9-13)16(19(24)20(21)25)18(23)14-10-6-3-7-11-14/h2-11,17,23H,12H2,1H3. The summed E-state index contributed by atoms with van der Waals surface area (Å²) in [5.74, 6) is -2.59. The molecule has 1 aliphatic rings. The van der Waals surface area contributed by atoms with Crippen LogP contribution in [0.2, 0.25) is 0 Å². The van der Waals surface area contributed by atoms with Crippen LogP contribution in [0, 0.1) is 0 Å². The summed E-state index contributed by atoms with van der Waals surface area (Å²) >= 11 is 0. The molecule has 2 aromatic rings. The Morgan fingerprint density at radius 3 is 2.19 bits per heavy atom. The highest BCUT2D eigenvalue weighted by molar-refractivity contribution is 6.46. The molecule has 26 heavy (non-hydrogen) atoms. The molecule has 1 saturated heterocycles. The van der Waals surface area contributed by atoms with Gasteiger partial charge in [-0.15, -0.1) is 0 Å². The third kappa shape index (κ3) is 3.09. The lowest BCUT2D eigenvalue weighted by molar-refractivity contribution is -0.148. The Bertz CT molecular complexity index is 874. The molecule has 0 saturated carbocycles. The fraction of sp³-hybridized carbons (Fsp3) is 0.150. The molecule has 1 amide bonds. The molecule has 6 nitrogen and oxygen atoms in total. The van der Waals surface area contributed by atoms with Crippen molar-refractivity contribution >= 4 is 23.4 Å². The fourth-order valence-electron chi connectivity index (χ4n) is 2.98. The molecule has 1 aliphatic heterocycles. The lowest BCUT2D eigenvalue weighted by Gasteiger charge is -2.24. The number of aliphatic hydroxyl groups excluding tert-OH is 1. The molecule has 0 aliphatic carbocycles. The maximum Gasteiger partial charge on any atom is 0.325 e. The number of Topliss-reactive ketones (excluding diaryl/α,β-unsaturated/α-hetero) is 1. The van der Waals surface area contributed by atoms with Crippen molar-refractivity contribution in [2.45, 2.75) is 6.04 Å². The molecule has 6 heteroatoms. The van der Waals surface area contributed by atoms with Crippen LogP contribution in [0.4, 0.5) is 0 Å². The van der Waals surface area contributed by atoms with Crippen LogP contribution in [0.5, 0.6) is 0 Å². The first-order valence-electron chi connectivity index (χ1n) is 8.00. The summed E-state index contributed by atoms with van der Waals surface area (Å²) < 4.78 is 4.64. The van der Waals surface area contributed by atoms with E-state index in [1.54, 1.807) is 60.7 Å². The van der Waals surface area contributed by atoms with Crippen molar-refractivity contribution < 1.29 is 24.2 Å². The average Bonchev–Trinajstić information content (AvgIpc) is 2.93. The summed E-state index contributed by atoms with van der Waals surface area (Å²) in [6.45, 7) is -0.383. The zero-order valence-electron chi connectivity index (χ0n) is 14.1. The van der Waals surface area contributed by atoms with E-state index in [1.165, 1.54) is 7.11 Å². The van der Waals surface area contributed by atoms with Gasteiger partial charge in [-0.3, -0.25) is 14.4 Å². The largest absolute Gasteiger partial charge is 0.507 e. The lowest BCUT2D eigenvalue weighted by Crippen LogP contribution is -2.35. The van der Waals surface area contributed by atoms with E-state index in [0.29, 0.717) is 11.1 Å². The van der Waals surface area contributed by atoms with Crippen LogP contribution in [0.3, 0.4) is 0 Å². The van der Waals surface area contributed by atoms with Crippen molar-refractivity contribution in [2.75, 3.05) is 13.7 Å². The van der Waals surface area contributed by atoms with Gasteiger partial charge < -0.3 is 14.7 Å². The SMILES string of the molecule is COC(=O)CN1C(=O)C(=O)C(=C(O)c2ccccc2)C1c1ccccc1. The number of aliphatic hydroxyl groups is 1. The van der Waals surface area contributed by atoms with Crippen LogP contribution >= 0.6 is 0 Å². The van der Waals surface area contributed by atoms with Gasteiger partial charge >= 0.3 is 5.97 Å². The topological polar surface area (TPSA) is 83.9 Å². The minimum atomic E-state index is -0.865. The van der Waals surface area contributed by atoms with E-state index in [1.807, 2.05) is 0 Å². The first-order valence-corrected chi connectivity index (χ1v) is 8.00. The van der Waals surface area contributed by atoms with Gasteiger partial charge in [0.15, 0.2) is 0 Å². The number of carbonyl (C=O) groups is 3. The minimum Gasteiger partial charge on any atom is -0.507 e. The quantitative estimate of drug-likeness (QED) is 0.395. The number of ketones is 1. The second kappa shape index (κ2) is 7.23. The van der Waals surface area contributed by atoms with Gasteiger partial charge in [0.2, 0.25) is 0 Å². The van der Waals surface area contributed by atoms with Crippen molar-refractivity contribution in [1.29, 1.82) is 0 Å². The van der Waals surface area contributed by atoms with Crippen LogP contribution in [0.15, 0.2) is 66.2 Å². The smallest absolute Gasteiger partial charge is 0.325 e. The number of likely N-dealkylation sites (tertiary alicyclic amines) is 1. The number of benzene rings is 2. The molecular formula is C20H17NO5. The first kappa shape index (κ1) is 17.4. The summed E-state index contributed by atoms with van der Waals surface area (Å²) in [5, 5.41) is 10.7. The lowest BCUT2D eigenvalue weighted by atomic mass is 9.95. The number of nitrogens with zero attached hydrogens (tertiary/aromatic N) is 1. The van der Waals surface area contributed by atoms with Gasteiger partial charge in [0.25, 0.3) is 11.7 Å². The third-order valence-corrected chi connectivity index (χ3v) is 4.23. The molecule has 1 heterocycles. The highest BCUT2D eigenvalue weighted by atomic mass is 16.5. The molecule has 0 spiro atoms. The van der Waals surface area contributed by atoms with Crippen molar-refractivity contribution in [2.24, 2.45) is 0 Å². The van der Waals surface area contributed by atoms with Crippen LogP contribution in [-0.2, 0) is 19.1 Å². The van der Waals surface area contributed by atoms with E-state index >= 15 is 0 Å². The van der Waals surface area contributed by atoms with Crippen LogP contribution < -0.4 is 0 Å². The summed E-state index contributed by atoms with van der Waals surface area (Å²) in [6.07, 6.45) is 0. The molecular weight excluding hydrogens is 334 g/mol. The molecule has 1 atom stereocenters. The highest BCUT2D eigenvalue weighted by Gasteiger charge is 2.46. The fourth-order valence-corrected chi connectivity index (χ4v) is 2.98. The highest BCUT2D eigenvalue weighted by Crippen LogP contribution is 2.39. The van der Waals surface area contributed by atoms with Gasteiger partial charge in [0.1, 0.15) is 12.3 Å². The second-order valence-electron chi connectivity index (χ2n) is 5.78. The van der Waals surface area contributed by atoms with Crippen molar-refractivity contribution in [3.63, 3.8) is 0 Å². The first-order chi connectivity index (χ1) is 12.5. The van der Waals surface area contributed by atoms with Gasteiger partial charge in [-0.05, 0) is 5.56 Å². The van der Waals surface area contributed by atoms with Gasteiger partial charge in [0, 0.05) is 5.56 Å². The summed E-state index contributed by atoms with van der Waals surface area (Å²) in [6, 6.07) is 16.4. The number of methoxy groups -OCH3 is 1. The molecule has 1 fully saturated rings. The molecule has 2 aromatic carbocycles. The Kier molecular flexibility index (Phi) is 4.84. The third-order valence-electron chi connectivity index (χ3n) is 4.23. The van der Waals surface area contributed by atoms with E-state index in [0.717, 1.165) is 4.90 Å². The Labute approximate surface area is 150 Å². The number of amides is 1. The van der Waals surface area contributed by atoms with E-state index in [4.69, 9.17) is 0 Å². The maximum absolute atomic E-state index is 12.6. The van der Waals surface area contributed by atoms with Gasteiger partial charge in [0.05, 0.1) is 18.7 Å². The maximum atomic E-state index is 12.6. The van der Waals surface area contributed by atoms with Crippen LogP contribution in [0.1, 0.15) is 17.2 Å². The summed E-state index contributed by atoms with van der Waals surface area (Å²) in [5.41, 5.74) is 0.994. The molecule has 0 aromatic heterocycles.